The van der Waals surface area contributed by atoms with Gasteiger partial charge in [-0.25, -0.2) is 4.98 Å². The van der Waals surface area contributed by atoms with Crippen LogP contribution in [-0.2, 0) is 22.6 Å². The van der Waals surface area contributed by atoms with Gasteiger partial charge in [-0.1, -0.05) is 30.7 Å². The Morgan fingerprint density at radius 2 is 1.97 bits per heavy atom. The number of carbonyl (C=O) groups excluding carboxylic acids is 2. The largest absolute Gasteiger partial charge is 0.485 e. The van der Waals surface area contributed by atoms with Gasteiger partial charge in [0.1, 0.15) is 19.0 Å². The van der Waals surface area contributed by atoms with E-state index in [0.29, 0.717) is 47.4 Å². The van der Waals surface area contributed by atoms with E-state index in [1.54, 1.807) is 18.5 Å². The lowest BCUT2D eigenvalue weighted by atomic mass is 10.2. The van der Waals surface area contributed by atoms with Crippen LogP contribution < -0.4 is 9.64 Å². The average Bonchev–Trinajstić information content (AvgIpc) is 3.10. The van der Waals surface area contributed by atoms with E-state index in [4.69, 9.17) is 16.3 Å². The Morgan fingerprint density at radius 3 is 2.59 bits per heavy atom. The van der Waals surface area contributed by atoms with E-state index in [9.17, 15) is 9.59 Å². The van der Waals surface area contributed by atoms with Crippen LogP contribution in [0.15, 0.2) is 42.6 Å². The van der Waals surface area contributed by atoms with Gasteiger partial charge in [-0.3, -0.25) is 18.9 Å². The quantitative estimate of drug-likeness (QED) is 0.531. The maximum Gasteiger partial charge on any atom is 0.242 e. The third kappa shape index (κ3) is 4.51. The Bertz CT molecular complexity index is 1010. The van der Waals surface area contributed by atoms with Crippen LogP contribution in [-0.4, -0.2) is 47.2 Å². The van der Waals surface area contributed by atoms with E-state index >= 15 is 0 Å². The molecule has 0 N–H and O–H groups in total. The first-order chi connectivity index (χ1) is 13.9. The molecule has 2 aromatic heterocycles. The lowest BCUT2D eigenvalue weighted by Crippen LogP contribution is -2.36. The minimum atomic E-state index is -0.177. The molecule has 0 saturated carbocycles. The van der Waals surface area contributed by atoms with Gasteiger partial charge >= 0.3 is 0 Å². The highest BCUT2D eigenvalue weighted by molar-refractivity contribution is 6.30. The number of halogens is 1. The molecule has 3 rings (SSSR count). The van der Waals surface area contributed by atoms with Crippen LogP contribution in [0, 0.1) is 0 Å². The Labute approximate surface area is 174 Å². The first-order valence-corrected chi connectivity index (χ1v) is 9.61. The molecule has 0 radical (unpaired) electrons. The maximum atomic E-state index is 12.2. The summed E-state index contributed by atoms with van der Waals surface area (Å²) < 4.78 is 7.77. The third-order valence-electron chi connectivity index (χ3n) is 4.50. The fraction of sp³-hybridized carbons (Fsp3) is 0.286. The molecule has 0 unspecified atom stereocenters. The molecule has 7 nitrogen and oxygen atoms in total. The van der Waals surface area contributed by atoms with Gasteiger partial charge in [-0.2, -0.15) is 0 Å². The standard InChI is InChI=1S/C21H23ClN4O3/c1-4-17-21(25(14-27)12-19(28)24(2)3)26-11-5-6-18(20(26)23-17)29-13-15-7-9-16(22)10-8-15/h5-11,14H,4,12-13H2,1-3H3. The number of benzene rings is 1. The monoisotopic (exact) mass is 414 g/mol. The molecule has 0 atom stereocenters. The van der Waals surface area contributed by atoms with Crippen molar-refractivity contribution in [2.24, 2.45) is 0 Å². The summed E-state index contributed by atoms with van der Waals surface area (Å²) in [7, 11) is 3.31. The Kier molecular flexibility index (Phi) is 6.39. The second kappa shape index (κ2) is 8.96. The number of fused-ring (bicyclic) bond motifs is 1. The lowest BCUT2D eigenvalue weighted by Gasteiger charge is -2.20. The number of likely N-dealkylation sites (N-methyl/N-ethyl adjacent to an activating group) is 1. The van der Waals surface area contributed by atoms with Gasteiger partial charge in [-0.05, 0) is 36.2 Å². The number of rotatable bonds is 8. The van der Waals surface area contributed by atoms with E-state index in [0.717, 1.165) is 5.56 Å². The van der Waals surface area contributed by atoms with Crippen molar-refractivity contribution < 1.29 is 14.3 Å². The smallest absolute Gasteiger partial charge is 0.242 e. The molecule has 0 spiro atoms. The molecule has 0 fully saturated rings. The summed E-state index contributed by atoms with van der Waals surface area (Å²) in [5, 5.41) is 0.669. The summed E-state index contributed by atoms with van der Waals surface area (Å²) in [6.07, 6.45) is 3.07. The van der Waals surface area contributed by atoms with Gasteiger partial charge < -0.3 is 9.64 Å². The summed E-state index contributed by atoms with van der Waals surface area (Å²) in [5.74, 6) is 0.988. The second-order valence-electron chi connectivity index (χ2n) is 6.74. The molecular formula is C21H23ClN4O3. The number of nitrogens with zero attached hydrogens (tertiary/aromatic N) is 4. The van der Waals surface area contributed by atoms with Crippen LogP contribution in [0.25, 0.3) is 5.65 Å². The molecule has 152 valence electrons. The number of hydrogen-bond donors (Lipinski definition) is 0. The van der Waals surface area contributed by atoms with Crippen LogP contribution in [0.2, 0.25) is 5.02 Å². The van der Waals surface area contributed by atoms with Crippen molar-refractivity contribution in [2.75, 3.05) is 25.5 Å². The van der Waals surface area contributed by atoms with Crippen LogP contribution >= 0.6 is 11.6 Å². The molecule has 0 aliphatic heterocycles. The number of ether oxygens (including phenoxy) is 1. The number of imidazole rings is 1. The number of carbonyl (C=O) groups is 2. The van der Waals surface area contributed by atoms with Crippen LogP contribution in [0.1, 0.15) is 18.2 Å². The maximum absolute atomic E-state index is 12.2. The van der Waals surface area contributed by atoms with Crippen molar-refractivity contribution in [3.63, 3.8) is 0 Å². The molecule has 0 saturated heterocycles. The van der Waals surface area contributed by atoms with E-state index < -0.39 is 0 Å². The van der Waals surface area contributed by atoms with Crippen molar-refractivity contribution in [2.45, 2.75) is 20.0 Å². The predicted molar refractivity (Wildman–Crippen MR) is 112 cm³/mol. The second-order valence-corrected chi connectivity index (χ2v) is 7.17. The molecule has 3 aromatic rings. The summed E-state index contributed by atoms with van der Waals surface area (Å²) in [5.41, 5.74) is 2.29. The minimum Gasteiger partial charge on any atom is -0.485 e. The number of aryl methyl sites for hydroxylation is 1. The first kappa shape index (κ1) is 20.7. The molecule has 0 bridgehead atoms. The predicted octanol–water partition coefficient (Wildman–Crippen LogP) is 3.18. The molecule has 2 heterocycles. The van der Waals surface area contributed by atoms with Crippen molar-refractivity contribution in [1.82, 2.24) is 14.3 Å². The van der Waals surface area contributed by atoms with Crippen molar-refractivity contribution in [3.8, 4) is 5.75 Å². The normalized spacial score (nSPS) is 10.8. The fourth-order valence-corrected chi connectivity index (χ4v) is 3.05. The fourth-order valence-electron chi connectivity index (χ4n) is 2.92. The summed E-state index contributed by atoms with van der Waals surface area (Å²) in [4.78, 5) is 31.4. The van der Waals surface area contributed by atoms with E-state index in [1.807, 2.05) is 49.5 Å². The van der Waals surface area contributed by atoms with Crippen molar-refractivity contribution >= 4 is 35.4 Å². The van der Waals surface area contributed by atoms with Crippen LogP contribution in [0.4, 0.5) is 5.82 Å². The summed E-state index contributed by atoms with van der Waals surface area (Å²) in [6, 6.07) is 11.1. The number of anilines is 1. The number of hydrogen-bond acceptors (Lipinski definition) is 4. The molecule has 0 aliphatic carbocycles. The van der Waals surface area contributed by atoms with Gasteiger partial charge in [-0.15, -0.1) is 0 Å². The highest BCUT2D eigenvalue weighted by Gasteiger charge is 2.22. The van der Waals surface area contributed by atoms with Gasteiger partial charge in [0.15, 0.2) is 11.4 Å². The topological polar surface area (TPSA) is 67.2 Å². The SMILES string of the molecule is CCc1nc2c(OCc3ccc(Cl)cc3)cccn2c1N(C=O)CC(=O)N(C)C. The zero-order chi connectivity index (χ0) is 21.0. The summed E-state index contributed by atoms with van der Waals surface area (Å²) in [6.45, 7) is 2.25. The van der Waals surface area contributed by atoms with Crippen molar-refractivity contribution in [1.29, 1.82) is 0 Å². The van der Waals surface area contributed by atoms with Gasteiger partial charge in [0.25, 0.3) is 0 Å². The highest BCUT2D eigenvalue weighted by atomic mass is 35.5. The number of amides is 2. The molecule has 0 aliphatic rings. The van der Waals surface area contributed by atoms with E-state index in [1.165, 1.54) is 9.80 Å². The van der Waals surface area contributed by atoms with Gasteiger partial charge in [0.2, 0.25) is 12.3 Å². The van der Waals surface area contributed by atoms with Crippen molar-refractivity contribution in [3.05, 3.63) is 58.9 Å². The van der Waals surface area contributed by atoms with E-state index in [-0.39, 0.29) is 12.5 Å². The summed E-state index contributed by atoms with van der Waals surface area (Å²) >= 11 is 5.93. The molecule has 29 heavy (non-hydrogen) atoms. The third-order valence-corrected chi connectivity index (χ3v) is 4.76. The Balaban J connectivity index is 1.95. The van der Waals surface area contributed by atoms with Crippen LogP contribution in [0.5, 0.6) is 5.75 Å². The van der Waals surface area contributed by atoms with Gasteiger partial charge in [0, 0.05) is 25.3 Å². The number of aromatic nitrogens is 2. The Hall–Kier alpha value is -3.06. The number of pyridine rings is 1. The highest BCUT2D eigenvalue weighted by Crippen LogP contribution is 2.28. The Morgan fingerprint density at radius 1 is 1.24 bits per heavy atom. The zero-order valence-electron chi connectivity index (χ0n) is 16.6. The molecule has 2 amide bonds. The molecule has 8 heteroatoms. The van der Waals surface area contributed by atoms with Gasteiger partial charge in [0.05, 0.1) is 5.69 Å². The molecule has 1 aromatic carbocycles. The molecular weight excluding hydrogens is 392 g/mol. The lowest BCUT2D eigenvalue weighted by molar-refractivity contribution is -0.128. The van der Waals surface area contributed by atoms with Crippen LogP contribution in [0.3, 0.4) is 0 Å². The first-order valence-electron chi connectivity index (χ1n) is 9.23. The zero-order valence-corrected chi connectivity index (χ0v) is 17.4. The minimum absolute atomic E-state index is 0.0623. The average molecular weight is 415 g/mol. The van der Waals surface area contributed by atoms with E-state index in [2.05, 4.69) is 4.98 Å².